The highest BCUT2D eigenvalue weighted by molar-refractivity contribution is 5.67. The molecule has 0 aromatic rings. The molecule has 0 bridgehead atoms. The third kappa shape index (κ3) is 3.93. The zero-order chi connectivity index (χ0) is 10.8. The highest BCUT2D eigenvalue weighted by atomic mass is 16.6. The topological polar surface area (TPSA) is 70.6 Å². The molecule has 14 heavy (non-hydrogen) atoms. The van der Waals surface area contributed by atoms with Crippen LogP contribution in [-0.4, -0.2) is 28.9 Å². The lowest BCUT2D eigenvalue weighted by Crippen LogP contribution is -2.52. The van der Waals surface area contributed by atoms with E-state index in [1.165, 1.54) is 0 Å². The lowest BCUT2D eigenvalue weighted by molar-refractivity contribution is 0.0340. The lowest BCUT2D eigenvalue weighted by atomic mass is 9.90. The van der Waals surface area contributed by atoms with Gasteiger partial charge in [-0.2, -0.15) is 0 Å². The van der Waals surface area contributed by atoms with Crippen LogP contribution in [0.4, 0.5) is 4.79 Å². The zero-order valence-corrected chi connectivity index (χ0v) is 8.83. The van der Waals surface area contributed by atoms with Crippen LogP contribution < -0.4 is 10.9 Å². The first-order valence-electron chi connectivity index (χ1n) is 4.79. The van der Waals surface area contributed by atoms with Crippen molar-refractivity contribution >= 4 is 6.09 Å². The molecule has 0 spiro atoms. The minimum absolute atomic E-state index is 0.164. The summed E-state index contributed by atoms with van der Waals surface area (Å²) < 4.78 is 5.01. The van der Waals surface area contributed by atoms with Gasteiger partial charge < -0.3 is 9.84 Å². The predicted octanol–water partition coefficient (Wildman–Crippen LogP) is 0.539. The maximum Gasteiger partial charge on any atom is 0.422 e. The molecule has 1 aliphatic rings. The van der Waals surface area contributed by atoms with Gasteiger partial charge in [-0.3, -0.25) is 5.43 Å². The summed E-state index contributed by atoms with van der Waals surface area (Å²) in [4.78, 5) is 11.1. The Morgan fingerprint density at radius 2 is 2.00 bits per heavy atom. The van der Waals surface area contributed by atoms with E-state index in [0.29, 0.717) is 12.8 Å². The normalized spacial score (nSPS) is 26.6. The van der Waals surface area contributed by atoms with E-state index in [4.69, 9.17) is 9.84 Å². The van der Waals surface area contributed by atoms with Crippen molar-refractivity contribution in [3.8, 4) is 0 Å². The molecule has 1 fully saturated rings. The molecule has 0 saturated heterocycles. The van der Waals surface area contributed by atoms with Crippen LogP contribution >= 0.6 is 0 Å². The van der Waals surface area contributed by atoms with Crippen LogP contribution in [0, 0.1) is 0 Å². The number of carbonyl (C=O) groups excluding carboxylic acids is 1. The summed E-state index contributed by atoms with van der Waals surface area (Å²) in [5.74, 6) is 0. The van der Waals surface area contributed by atoms with Gasteiger partial charge in [-0.1, -0.05) is 0 Å². The first kappa shape index (κ1) is 11.3. The van der Waals surface area contributed by atoms with Gasteiger partial charge in [0.2, 0.25) is 0 Å². The molecule has 5 heteroatoms. The Morgan fingerprint density at radius 1 is 1.43 bits per heavy atom. The average Bonchev–Trinajstić information content (AvgIpc) is 1.92. The van der Waals surface area contributed by atoms with Crippen LogP contribution in [0.5, 0.6) is 0 Å². The number of hydrogen-bond acceptors (Lipinski definition) is 4. The van der Waals surface area contributed by atoms with Gasteiger partial charge in [-0.25, -0.2) is 10.2 Å². The summed E-state index contributed by atoms with van der Waals surface area (Å²) in [5.41, 5.74) is 4.75. The molecular weight excluding hydrogens is 184 g/mol. The predicted molar refractivity (Wildman–Crippen MR) is 51.5 cm³/mol. The highest BCUT2D eigenvalue weighted by Crippen LogP contribution is 2.18. The number of hydrazine groups is 1. The quantitative estimate of drug-likeness (QED) is 0.571. The van der Waals surface area contributed by atoms with E-state index in [1.807, 2.05) is 0 Å². The Hall–Kier alpha value is -0.810. The fourth-order valence-corrected chi connectivity index (χ4v) is 1.17. The number of nitrogens with one attached hydrogen (secondary N) is 2. The molecular formula is C9H18N2O3. The number of rotatable bonds is 2. The van der Waals surface area contributed by atoms with Crippen molar-refractivity contribution in [2.45, 2.75) is 51.4 Å². The van der Waals surface area contributed by atoms with Crippen molar-refractivity contribution in [3.05, 3.63) is 0 Å². The van der Waals surface area contributed by atoms with Gasteiger partial charge in [0.05, 0.1) is 6.10 Å². The minimum atomic E-state index is -0.487. The molecule has 0 atom stereocenters. The van der Waals surface area contributed by atoms with Crippen LogP contribution in [0.2, 0.25) is 0 Å². The Bertz CT molecular complexity index is 207. The number of hydrogen-bond donors (Lipinski definition) is 3. The molecule has 0 unspecified atom stereocenters. The van der Waals surface area contributed by atoms with Crippen LogP contribution in [-0.2, 0) is 4.74 Å². The molecule has 0 aromatic carbocycles. The molecule has 82 valence electrons. The smallest absolute Gasteiger partial charge is 0.422 e. The average molecular weight is 202 g/mol. The standard InChI is InChI=1S/C9H18N2O3/c1-9(2,3)14-8(13)11-10-6-4-7(12)5-6/h6-7,10,12H,4-5H2,1-3H3,(H,11,13). The van der Waals surface area contributed by atoms with Crippen molar-refractivity contribution in [2.24, 2.45) is 0 Å². The van der Waals surface area contributed by atoms with Gasteiger partial charge >= 0.3 is 6.09 Å². The number of aliphatic hydroxyl groups excluding tert-OH is 1. The number of aliphatic hydroxyl groups is 1. The number of amides is 1. The van der Waals surface area contributed by atoms with E-state index >= 15 is 0 Å². The first-order valence-corrected chi connectivity index (χ1v) is 4.79. The van der Waals surface area contributed by atoms with Crippen molar-refractivity contribution in [1.29, 1.82) is 0 Å². The van der Waals surface area contributed by atoms with Crippen molar-refractivity contribution in [2.75, 3.05) is 0 Å². The van der Waals surface area contributed by atoms with E-state index in [0.717, 1.165) is 0 Å². The maximum atomic E-state index is 11.1. The molecule has 1 saturated carbocycles. The lowest BCUT2D eigenvalue weighted by Gasteiger charge is -2.32. The molecule has 1 aliphatic carbocycles. The van der Waals surface area contributed by atoms with Crippen molar-refractivity contribution in [3.63, 3.8) is 0 Å². The van der Waals surface area contributed by atoms with Gasteiger partial charge in [-0.15, -0.1) is 0 Å². The Balaban J connectivity index is 2.10. The molecule has 5 nitrogen and oxygen atoms in total. The van der Waals surface area contributed by atoms with Crippen molar-refractivity contribution < 1.29 is 14.6 Å². The highest BCUT2D eigenvalue weighted by Gasteiger charge is 2.27. The second-order valence-corrected chi connectivity index (χ2v) is 4.59. The second-order valence-electron chi connectivity index (χ2n) is 4.59. The molecule has 1 rings (SSSR count). The van der Waals surface area contributed by atoms with E-state index in [-0.39, 0.29) is 12.1 Å². The SMILES string of the molecule is CC(C)(C)OC(=O)NNC1CC(O)C1. The molecule has 0 heterocycles. The zero-order valence-electron chi connectivity index (χ0n) is 8.83. The minimum Gasteiger partial charge on any atom is -0.443 e. The Morgan fingerprint density at radius 3 is 2.43 bits per heavy atom. The van der Waals surface area contributed by atoms with Gasteiger partial charge in [-0.05, 0) is 33.6 Å². The van der Waals surface area contributed by atoms with Gasteiger partial charge in [0.15, 0.2) is 0 Å². The van der Waals surface area contributed by atoms with Crippen LogP contribution in [0.15, 0.2) is 0 Å². The summed E-state index contributed by atoms with van der Waals surface area (Å²) in [7, 11) is 0. The molecule has 3 N–H and O–H groups in total. The van der Waals surface area contributed by atoms with Crippen LogP contribution in [0.3, 0.4) is 0 Å². The van der Waals surface area contributed by atoms with E-state index in [9.17, 15) is 4.79 Å². The van der Waals surface area contributed by atoms with Crippen LogP contribution in [0.25, 0.3) is 0 Å². The largest absolute Gasteiger partial charge is 0.443 e. The fourth-order valence-electron chi connectivity index (χ4n) is 1.17. The van der Waals surface area contributed by atoms with Gasteiger partial charge in [0.25, 0.3) is 0 Å². The fraction of sp³-hybridized carbons (Fsp3) is 0.889. The second kappa shape index (κ2) is 4.14. The van der Waals surface area contributed by atoms with E-state index in [2.05, 4.69) is 10.9 Å². The van der Waals surface area contributed by atoms with E-state index < -0.39 is 11.7 Å². The maximum absolute atomic E-state index is 11.1. The summed E-state index contributed by atoms with van der Waals surface area (Å²) in [5, 5.41) is 8.99. The first-order chi connectivity index (χ1) is 6.37. The van der Waals surface area contributed by atoms with Gasteiger partial charge in [0, 0.05) is 6.04 Å². The summed E-state index contributed by atoms with van der Waals surface area (Å²) >= 11 is 0. The summed E-state index contributed by atoms with van der Waals surface area (Å²) in [6.45, 7) is 5.42. The third-order valence-electron chi connectivity index (χ3n) is 1.89. The van der Waals surface area contributed by atoms with E-state index in [1.54, 1.807) is 20.8 Å². The van der Waals surface area contributed by atoms with Crippen LogP contribution in [0.1, 0.15) is 33.6 Å². The van der Waals surface area contributed by atoms with Crippen molar-refractivity contribution in [1.82, 2.24) is 10.9 Å². The molecule has 0 aromatic heterocycles. The molecule has 0 radical (unpaired) electrons. The Kier molecular flexibility index (Phi) is 3.34. The Labute approximate surface area is 83.8 Å². The number of ether oxygens (including phenoxy) is 1. The number of carbonyl (C=O) groups is 1. The monoisotopic (exact) mass is 202 g/mol. The molecule has 0 aliphatic heterocycles. The molecule has 1 amide bonds. The summed E-state index contributed by atoms with van der Waals surface area (Å²) in [6, 6.07) is 0.164. The van der Waals surface area contributed by atoms with Gasteiger partial charge in [0.1, 0.15) is 5.60 Å². The summed E-state index contributed by atoms with van der Waals surface area (Å²) in [6.07, 6.45) is 0.637. The third-order valence-corrected chi connectivity index (χ3v) is 1.89.